The van der Waals surface area contributed by atoms with E-state index in [4.69, 9.17) is 0 Å². The first-order valence-electron chi connectivity index (χ1n) is 8.42. The van der Waals surface area contributed by atoms with E-state index in [0.717, 1.165) is 18.5 Å². The molecule has 19 heavy (non-hydrogen) atoms. The van der Waals surface area contributed by atoms with Crippen molar-refractivity contribution in [3.05, 3.63) is 12.3 Å². The van der Waals surface area contributed by atoms with Gasteiger partial charge in [-0.3, -0.25) is 4.48 Å². The number of hydrogen-bond donors (Lipinski definition) is 1. The number of nitrogens with zero attached hydrogens (tertiary/aromatic N) is 1. The number of nitrogens with one attached hydrogen (secondary N) is 1. The fraction of sp³-hybridized carbons (Fsp3) is 0.882. The van der Waals surface area contributed by atoms with E-state index in [1.807, 2.05) is 0 Å². The summed E-state index contributed by atoms with van der Waals surface area (Å²) in [6.45, 7) is 11.8. The molecule has 1 N–H and O–H groups in total. The summed E-state index contributed by atoms with van der Waals surface area (Å²) in [5.41, 5.74) is 0. The van der Waals surface area contributed by atoms with Gasteiger partial charge in [-0.25, -0.2) is 0 Å². The van der Waals surface area contributed by atoms with Crippen molar-refractivity contribution in [1.29, 1.82) is 0 Å². The summed E-state index contributed by atoms with van der Waals surface area (Å²) in [5.74, 6) is 0.996. The smallest absolute Gasteiger partial charge is 0.109 e. The molecule has 0 aromatic heterocycles. The van der Waals surface area contributed by atoms with Gasteiger partial charge in [-0.05, 0) is 39.2 Å². The fourth-order valence-corrected chi connectivity index (χ4v) is 4.16. The normalized spacial score (nSPS) is 36.3. The zero-order valence-corrected chi connectivity index (χ0v) is 13.4. The van der Waals surface area contributed by atoms with Gasteiger partial charge in [-0.1, -0.05) is 26.2 Å². The third-order valence-electron chi connectivity index (χ3n) is 5.71. The van der Waals surface area contributed by atoms with Crippen molar-refractivity contribution in [2.75, 3.05) is 13.1 Å². The first-order valence-corrected chi connectivity index (χ1v) is 8.42. The van der Waals surface area contributed by atoms with E-state index in [-0.39, 0.29) is 0 Å². The quantitative estimate of drug-likeness (QED) is 0.748. The highest BCUT2D eigenvalue weighted by Crippen LogP contribution is 2.37. The van der Waals surface area contributed by atoms with Gasteiger partial charge in [0.2, 0.25) is 0 Å². The summed E-state index contributed by atoms with van der Waals surface area (Å²) in [6, 6.07) is 2.12. The fourth-order valence-electron chi connectivity index (χ4n) is 4.16. The average molecular weight is 265 g/mol. The van der Waals surface area contributed by atoms with E-state index in [1.54, 1.807) is 0 Å². The van der Waals surface area contributed by atoms with Gasteiger partial charge >= 0.3 is 0 Å². The summed E-state index contributed by atoms with van der Waals surface area (Å²) >= 11 is 0. The Morgan fingerprint density at radius 3 is 2.47 bits per heavy atom. The summed E-state index contributed by atoms with van der Waals surface area (Å²) in [4.78, 5) is 0. The predicted octanol–water partition coefficient (Wildman–Crippen LogP) is 3.69. The Labute approximate surface area is 119 Å². The van der Waals surface area contributed by atoms with Crippen molar-refractivity contribution >= 4 is 0 Å². The van der Waals surface area contributed by atoms with Crippen LogP contribution in [-0.2, 0) is 0 Å². The second-order valence-electron chi connectivity index (χ2n) is 6.81. The molecule has 2 aliphatic rings. The SMILES string of the molecule is CCC1NCC=C[N+](CC)(C(C)C)C1CC1CCC1. The van der Waals surface area contributed by atoms with Gasteiger partial charge in [0.25, 0.3) is 0 Å². The van der Waals surface area contributed by atoms with Crippen LogP contribution in [0.3, 0.4) is 0 Å². The van der Waals surface area contributed by atoms with Crippen LogP contribution >= 0.6 is 0 Å². The first-order chi connectivity index (χ1) is 9.14. The largest absolute Gasteiger partial charge is 0.305 e. The minimum Gasteiger partial charge on any atom is -0.305 e. The average Bonchev–Trinajstić information content (AvgIpc) is 2.53. The molecule has 2 rings (SSSR count). The van der Waals surface area contributed by atoms with Gasteiger partial charge in [-0.2, -0.15) is 0 Å². The molecule has 0 spiro atoms. The second-order valence-corrected chi connectivity index (χ2v) is 6.81. The number of quaternary nitrogens is 1. The van der Waals surface area contributed by atoms with E-state index in [2.05, 4.69) is 45.3 Å². The van der Waals surface area contributed by atoms with Gasteiger partial charge in [0.15, 0.2) is 0 Å². The lowest BCUT2D eigenvalue weighted by Crippen LogP contribution is -2.62. The highest BCUT2D eigenvalue weighted by atomic mass is 15.4. The van der Waals surface area contributed by atoms with Crippen molar-refractivity contribution in [3.8, 4) is 0 Å². The van der Waals surface area contributed by atoms with Crippen LogP contribution in [0.25, 0.3) is 0 Å². The Balaban J connectivity index is 2.26. The molecule has 1 heterocycles. The van der Waals surface area contributed by atoms with Crippen LogP contribution in [0.15, 0.2) is 12.3 Å². The Hall–Kier alpha value is -0.340. The van der Waals surface area contributed by atoms with Crippen LogP contribution < -0.4 is 5.32 Å². The number of likely N-dealkylation sites (N-methyl/N-ethyl adjacent to an activating group) is 1. The molecule has 0 saturated heterocycles. The first kappa shape index (κ1) is 15.1. The van der Waals surface area contributed by atoms with Crippen LogP contribution in [0.4, 0.5) is 0 Å². The molecule has 1 fully saturated rings. The molecule has 2 nitrogen and oxygen atoms in total. The molecular weight excluding hydrogens is 232 g/mol. The topological polar surface area (TPSA) is 12.0 Å². The number of hydrogen-bond acceptors (Lipinski definition) is 1. The molecule has 3 unspecified atom stereocenters. The van der Waals surface area contributed by atoms with Crippen LogP contribution in [0.5, 0.6) is 0 Å². The maximum absolute atomic E-state index is 3.78. The van der Waals surface area contributed by atoms with Gasteiger partial charge in [-0.15, -0.1) is 0 Å². The summed E-state index contributed by atoms with van der Waals surface area (Å²) in [7, 11) is 0. The van der Waals surface area contributed by atoms with Crippen LogP contribution in [0.1, 0.15) is 59.8 Å². The standard InChI is InChI=1S/C17H33N2/c1-5-16-17(13-15-9-7-10-15)19(6-2,14(3)4)12-8-11-18-16/h8,12,14-18H,5-7,9-11,13H2,1-4H3/q+1. The lowest BCUT2D eigenvalue weighted by molar-refractivity contribution is -0.924. The van der Waals surface area contributed by atoms with E-state index in [9.17, 15) is 0 Å². The summed E-state index contributed by atoms with van der Waals surface area (Å²) in [6.07, 6.45) is 12.0. The Kier molecular flexibility index (Phi) is 5.08. The third kappa shape index (κ3) is 2.90. The van der Waals surface area contributed by atoms with Crippen molar-refractivity contribution in [2.24, 2.45) is 5.92 Å². The van der Waals surface area contributed by atoms with Gasteiger partial charge in [0.05, 0.1) is 24.8 Å². The second kappa shape index (κ2) is 6.41. The van der Waals surface area contributed by atoms with Crippen molar-refractivity contribution in [1.82, 2.24) is 5.32 Å². The molecule has 1 aliphatic heterocycles. The maximum Gasteiger partial charge on any atom is 0.109 e. The summed E-state index contributed by atoms with van der Waals surface area (Å²) < 4.78 is 1.18. The molecule has 0 bridgehead atoms. The molecule has 0 aromatic rings. The van der Waals surface area contributed by atoms with Crippen molar-refractivity contribution in [3.63, 3.8) is 0 Å². The lowest BCUT2D eigenvalue weighted by Gasteiger charge is -2.48. The Morgan fingerprint density at radius 1 is 1.26 bits per heavy atom. The van der Waals surface area contributed by atoms with Crippen LogP contribution in [-0.4, -0.2) is 35.7 Å². The molecule has 0 aromatic carbocycles. The van der Waals surface area contributed by atoms with Gasteiger partial charge in [0.1, 0.15) is 6.04 Å². The van der Waals surface area contributed by atoms with Gasteiger partial charge in [0, 0.05) is 13.0 Å². The van der Waals surface area contributed by atoms with E-state index < -0.39 is 0 Å². The minimum absolute atomic E-state index is 0.679. The third-order valence-corrected chi connectivity index (χ3v) is 5.71. The molecule has 3 atom stereocenters. The molecule has 1 aliphatic carbocycles. The van der Waals surface area contributed by atoms with E-state index >= 15 is 0 Å². The lowest BCUT2D eigenvalue weighted by atomic mass is 9.78. The minimum atomic E-state index is 0.679. The van der Waals surface area contributed by atoms with Crippen molar-refractivity contribution in [2.45, 2.75) is 77.9 Å². The van der Waals surface area contributed by atoms with Gasteiger partial charge < -0.3 is 5.32 Å². The summed E-state index contributed by atoms with van der Waals surface area (Å²) in [5, 5.41) is 3.78. The highest BCUT2D eigenvalue weighted by molar-refractivity contribution is 4.92. The highest BCUT2D eigenvalue weighted by Gasteiger charge is 2.43. The maximum atomic E-state index is 3.78. The van der Waals surface area contributed by atoms with E-state index in [0.29, 0.717) is 12.1 Å². The van der Waals surface area contributed by atoms with Crippen LogP contribution in [0.2, 0.25) is 0 Å². The molecule has 1 saturated carbocycles. The molecular formula is C17H33N2+. The number of rotatable bonds is 5. The Morgan fingerprint density at radius 2 is 2.00 bits per heavy atom. The molecule has 2 heteroatoms. The van der Waals surface area contributed by atoms with Crippen molar-refractivity contribution < 1.29 is 4.48 Å². The van der Waals surface area contributed by atoms with E-state index in [1.165, 1.54) is 43.1 Å². The molecule has 0 amide bonds. The monoisotopic (exact) mass is 265 g/mol. The zero-order valence-electron chi connectivity index (χ0n) is 13.4. The Bertz CT molecular complexity index is 306. The molecule has 110 valence electrons. The van der Waals surface area contributed by atoms with Crippen LogP contribution in [0, 0.1) is 5.92 Å². The predicted molar refractivity (Wildman–Crippen MR) is 82.9 cm³/mol. The zero-order chi connectivity index (χ0) is 13.9. The molecule has 0 radical (unpaired) electrons.